The third-order valence-electron chi connectivity index (χ3n) is 3.47. The van der Waals surface area contributed by atoms with Gasteiger partial charge in [-0.1, -0.05) is 6.42 Å². The van der Waals surface area contributed by atoms with Crippen molar-refractivity contribution in [2.75, 3.05) is 26.2 Å². The zero-order valence-electron chi connectivity index (χ0n) is 11.4. The average Bonchev–Trinajstić information content (AvgIpc) is 2.93. The van der Waals surface area contributed by atoms with Gasteiger partial charge < -0.3 is 20.4 Å². The molecule has 0 atom stereocenters. The van der Waals surface area contributed by atoms with Crippen molar-refractivity contribution in [3.8, 4) is 0 Å². The van der Waals surface area contributed by atoms with Crippen LogP contribution < -0.4 is 11.1 Å². The van der Waals surface area contributed by atoms with Crippen LogP contribution in [0.2, 0.25) is 0 Å². The molecular weight excluding hydrogens is 242 g/mol. The second-order valence-corrected chi connectivity index (χ2v) is 4.98. The van der Waals surface area contributed by atoms with Gasteiger partial charge in [-0.2, -0.15) is 0 Å². The number of piperidine rings is 1. The first kappa shape index (κ1) is 14.1. The van der Waals surface area contributed by atoms with E-state index in [4.69, 9.17) is 10.2 Å². The van der Waals surface area contributed by atoms with E-state index >= 15 is 0 Å². The van der Waals surface area contributed by atoms with Gasteiger partial charge in [0.25, 0.3) is 5.91 Å². The van der Waals surface area contributed by atoms with Gasteiger partial charge in [-0.15, -0.1) is 0 Å². The van der Waals surface area contributed by atoms with Crippen molar-refractivity contribution < 1.29 is 9.21 Å². The standard InChI is InChI=1S/C14H23N3O2/c15-11-12-5-6-13(19-12)14(18)16-7-4-10-17-8-2-1-3-9-17/h5-6H,1-4,7-11,15H2,(H,16,18). The summed E-state index contributed by atoms with van der Waals surface area (Å²) < 4.78 is 5.29. The van der Waals surface area contributed by atoms with Gasteiger partial charge in [0.1, 0.15) is 5.76 Å². The minimum absolute atomic E-state index is 0.154. The number of nitrogens with two attached hydrogens (primary N) is 1. The van der Waals surface area contributed by atoms with E-state index in [0.29, 0.717) is 24.6 Å². The second kappa shape index (κ2) is 7.31. The van der Waals surface area contributed by atoms with Gasteiger partial charge in [0.05, 0.1) is 6.54 Å². The highest BCUT2D eigenvalue weighted by molar-refractivity contribution is 5.91. The number of carbonyl (C=O) groups excluding carboxylic acids is 1. The molecule has 0 aliphatic carbocycles. The number of nitrogens with one attached hydrogen (secondary N) is 1. The Morgan fingerprint density at radius 2 is 2.11 bits per heavy atom. The van der Waals surface area contributed by atoms with Crippen molar-refractivity contribution in [3.63, 3.8) is 0 Å². The van der Waals surface area contributed by atoms with Crippen LogP contribution in [0, 0.1) is 0 Å². The molecule has 0 aromatic carbocycles. The first-order valence-corrected chi connectivity index (χ1v) is 7.09. The summed E-state index contributed by atoms with van der Waals surface area (Å²) in [6.45, 7) is 4.47. The number of furan rings is 1. The lowest BCUT2D eigenvalue weighted by Gasteiger charge is -2.26. The molecule has 1 aromatic rings. The molecule has 0 radical (unpaired) electrons. The van der Waals surface area contributed by atoms with Crippen LogP contribution in [0.5, 0.6) is 0 Å². The van der Waals surface area contributed by atoms with E-state index in [-0.39, 0.29) is 5.91 Å². The molecular formula is C14H23N3O2. The first-order chi connectivity index (χ1) is 9.29. The Morgan fingerprint density at radius 3 is 2.79 bits per heavy atom. The van der Waals surface area contributed by atoms with Crippen LogP contribution in [0.3, 0.4) is 0 Å². The van der Waals surface area contributed by atoms with Gasteiger partial charge in [-0.25, -0.2) is 0 Å². The highest BCUT2D eigenvalue weighted by Crippen LogP contribution is 2.09. The molecule has 0 saturated carbocycles. The highest BCUT2D eigenvalue weighted by atomic mass is 16.4. The Kier molecular flexibility index (Phi) is 5.42. The van der Waals surface area contributed by atoms with Crippen molar-refractivity contribution >= 4 is 5.91 Å². The van der Waals surface area contributed by atoms with E-state index in [1.54, 1.807) is 12.1 Å². The highest BCUT2D eigenvalue weighted by Gasteiger charge is 2.11. The van der Waals surface area contributed by atoms with Crippen molar-refractivity contribution in [2.24, 2.45) is 5.73 Å². The molecule has 0 unspecified atom stereocenters. The number of rotatable bonds is 6. The zero-order chi connectivity index (χ0) is 13.5. The normalized spacial score (nSPS) is 16.5. The smallest absolute Gasteiger partial charge is 0.286 e. The first-order valence-electron chi connectivity index (χ1n) is 7.09. The van der Waals surface area contributed by atoms with Gasteiger partial charge in [0, 0.05) is 6.54 Å². The minimum Gasteiger partial charge on any atom is -0.455 e. The molecule has 5 heteroatoms. The molecule has 1 aromatic heterocycles. The molecule has 0 bridgehead atoms. The fraction of sp³-hybridized carbons (Fsp3) is 0.643. The maximum atomic E-state index is 11.8. The summed E-state index contributed by atoms with van der Waals surface area (Å²) >= 11 is 0. The summed E-state index contributed by atoms with van der Waals surface area (Å²) in [6, 6.07) is 3.41. The Morgan fingerprint density at radius 1 is 1.32 bits per heavy atom. The van der Waals surface area contributed by atoms with Crippen molar-refractivity contribution in [3.05, 3.63) is 23.7 Å². The predicted molar refractivity (Wildman–Crippen MR) is 73.8 cm³/mol. The average molecular weight is 265 g/mol. The Labute approximate surface area is 114 Å². The fourth-order valence-electron chi connectivity index (χ4n) is 2.38. The molecule has 106 valence electrons. The number of nitrogens with zero attached hydrogens (tertiary/aromatic N) is 1. The molecule has 19 heavy (non-hydrogen) atoms. The fourth-order valence-corrected chi connectivity index (χ4v) is 2.38. The molecule has 3 N–H and O–H groups in total. The van der Waals surface area contributed by atoms with Gasteiger partial charge in [-0.05, 0) is 51.0 Å². The Hall–Kier alpha value is -1.33. The van der Waals surface area contributed by atoms with Crippen LogP contribution >= 0.6 is 0 Å². The largest absolute Gasteiger partial charge is 0.455 e. The molecule has 2 heterocycles. The van der Waals surface area contributed by atoms with Crippen LogP contribution in [0.25, 0.3) is 0 Å². The van der Waals surface area contributed by atoms with E-state index in [2.05, 4.69) is 10.2 Å². The van der Waals surface area contributed by atoms with Gasteiger partial charge in [0.15, 0.2) is 5.76 Å². The van der Waals surface area contributed by atoms with Gasteiger partial charge in [-0.3, -0.25) is 4.79 Å². The molecule has 5 nitrogen and oxygen atoms in total. The third kappa shape index (κ3) is 4.36. The van der Waals surface area contributed by atoms with E-state index in [1.165, 1.54) is 32.4 Å². The van der Waals surface area contributed by atoms with E-state index in [0.717, 1.165) is 13.0 Å². The van der Waals surface area contributed by atoms with Gasteiger partial charge >= 0.3 is 0 Å². The van der Waals surface area contributed by atoms with E-state index in [9.17, 15) is 4.79 Å². The molecule has 1 amide bonds. The summed E-state index contributed by atoms with van der Waals surface area (Å²) in [5, 5.41) is 2.88. The topological polar surface area (TPSA) is 71.5 Å². The van der Waals surface area contributed by atoms with Crippen LogP contribution in [-0.4, -0.2) is 37.0 Å². The van der Waals surface area contributed by atoms with E-state index < -0.39 is 0 Å². The van der Waals surface area contributed by atoms with Gasteiger partial charge in [0.2, 0.25) is 0 Å². The van der Waals surface area contributed by atoms with Crippen LogP contribution in [-0.2, 0) is 6.54 Å². The monoisotopic (exact) mass is 265 g/mol. The predicted octanol–water partition coefficient (Wildman–Crippen LogP) is 1.34. The van der Waals surface area contributed by atoms with Crippen LogP contribution in [0.4, 0.5) is 0 Å². The minimum atomic E-state index is -0.154. The Bertz CT molecular complexity index is 397. The lowest BCUT2D eigenvalue weighted by atomic mass is 10.1. The molecule has 1 fully saturated rings. The number of amides is 1. The molecule has 1 saturated heterocycles. The SMILES string of the molecule is NCc1ccc(C(=O)NCCCN2CCCCC2)o1. The number of hydrogen-bond acceptors (Lipinski definition) is 4. The van der Waals surface area contributed by atoms with Crippen LogP contribution in [0.15, 0.2) is 16.5 Å². The molecule has 1 aliphatic rings. The summed E-state index contributed by atoms with van der Waals surface area (Å²) in [5.74, 6) is 0.829. The summed E-state index contributed by atoms with van der Waals surface area (Å²) in [4.78, 5) is 14.2. The summed E-state index contributed by atoms with van der Waals surface area (Å²) in [7, 11) is 0. The van der Waals surface area contributed by atoms with E-state index in [1.807, 2.05) is 0 Å². The van der Waals surface area contributed by atoms with Crippen molar-refractivity contribution in [1.29, 1.82) is 0 Å². The number of likely N-dealkylation sites (tertiary alicyclic amines) is 1. The second-order valence-electron chi connectivity index (χ2n) is 4.98. The van der Waals surface area contributed by atoms with Crippen molar-refractivity contribution in [2.45, 2.75) is 32.2 Å². The lowest BCUT2D eigenvalue weighted by molar-refractivity contribution is 0.0921. The lowest BCUT2D eigenvalue weighted by Crippen LogP contribution is -2.33. The summed E-state index contributed by atoms with van der Waals surface area (Å²) in [5.41, 5.74) is 5.44. The number of carbonyl (C=O) groups is 1. The van der Waals surface area contributed by atoms with Crippen LogP contribution in [0.1, 0.15) is 42.0 Å². The Balaban J connectivity index is 1.63. The molecule has 2 rings (SSSR count). The maximum absolute atomic E-state index is 11.8. The third-order valence-corrected chi connectivity index (χ3v) is 3.47. The quantitative estimate of drug-likeness (QED) is 0.762. The van der Waals surface area contributed by atoms with Crippen molar-refractivity contribution in [1.82, 2.24) is 10.2 Å². The zero-order valence-corrected chi connectivity index (χ0v) is 11.4. The summed E-state index contributed by atoms with van der Waals surface area (Å²) in [6.07, 6.45) is 4.95. The molecule has 0 spiro atoms. The maximum Gasteiger partial charge on any atom is 0.286 e. The number of hydrogen-bond donors (Lipinski definition) is 2. The molecule has 1 aliphatic heterocycles.